The molecule has 3 aromatic rings. The van der Waals surface area contributed by atoms with Gasteiger partial charge < -0.3 is 15.0 Å². The molecular weight excluding hydrogens is 424 g/mol. The van der Waals surface area contributed by atoms with Crippen LogP contribution >= 0.6 is 11.6 Å². The predicted octanol–water partition coefficient (Wildman–Crippen LogP) is 5.53. The number of anilines is 2. The molecule has 3 aromatic carbocycles. The first kappa shape index (κ1) is 21.9. The monoisotopic (exact) mass is 448 g/mol. The van der Waals surface area contributed by atoms with Gasteiger partial charge in [0, 0.05) is 17.1 Å². The summed E-state index contributed by atoms with van der Waals surface area (Å²) in [6.45, 7) is 4.14. The molecule has 32 heavy (non-hydrogen) atoms. The molecule has 0 saturated carbocycles. The van der Waals surface area contributed by atoms with Crippen molar-refractivity contribution in [2.24, 2.45) is 0 Å². The zero-order valence-electron chi connectivity index (χ0n) is 18.1. The zero-order valence-corrected chi connectivity index (χ0v) is 18.9. The van der Waals surface area contributed by atoms with Crippen LogP contribution in [0.1, 0.15) is 30.0 Å². The Bertz CT molecular complexity index is 1140. The Morgan fingerprint density at radius 3 is 2.59 bits per heavy atom. The second kappa shape index (κ2) is 9.45. The smallest absolute Gasteiger partial charge is 0.268 e. The topological polar surface area (TPSA) is 58.6 Å². The number of hydrogen-bond acceptors (Lipinski definition) is 3. The second-order valence-electron chi connectivity index (χ2n) is 8.03. The first-order valence-electron chi connectivity index (χ1n) is 10.6. The molecule has 0 fully saturated rings. The van der Waals surface area contributed by atoms with E-state index >= 15 is 0 Å². The van der Waals surface area contributed by atoms with Crippen molar-refractivity contribution in [2.45, 2.75) is 39.3 Å². The van der Waals surface area contributed by atoms with Gasteiger partial charge in [0.2, 0.25) is 5.91 Å². The van der Waals surface area contributed by atoms with Gasteiger partial charge in [-0.1, -0.05) is 53.6 Å². The lowest BCUT2D eigenvalue weighted by molar-refractivity contribution is -0.125. The van der Waals surface area contributed by atoms with Crippen LogP contribution in [0.15, 0.2) is 66.7 Å². The standard InChI is InChI=1S/C26H25ClN2O3/c1-17-6-8-19(9-7-17)10-13-25(30)28-22-11-12-24-23(15-22)29(26(31)18(2)32-24)16-20-4-3-5-21(27)14-20/h3-9,11-12,14-15,18H,10,13,16H2,1-2H3,(H,28,30). The van der Waals surface area contributed by atoms with Crippen molar-refractivity contribution in [3.8, 4) is 5.75 Å². The molecule has 164 valence electrons. The lowest BCUT2D eigenvalue weighted by Gasteiger charge is -2.33. The van der Waals surface area contributed by atoms with Gasteiger partial charge in [0.15, 0.2) is 6.10 Å². The summed E-state index contributed by atoms with van der Waals surface area (Å²) in [4.78, 5) is 27.1. The van der Waals surface area contributed by atoms with E-state index in [-0.39, 0.29) is 11.8 Å². The number of hydrogen-bond donors (Lipinski definition) is 1. The summed E-state index contributed by atoms with van der Waals surface area (Å²) in [6, 6.07) is 21.0. The van der Waals surface area contributed by atoms with Crippen molar-refractivity contribution >= 4 is 34.8 Å². The highest BCUT2D eigenvalue weighted by Gasteiger charge is 2.31. The summed E-state index contributed by atoms with van der Waals surface area (Å²) in [5.41, 5.74) is 4.49. The SMILES string of the molecule is Cc1ccc(CCC(=O)Nc2ccc3c(c2)N(Cc2cccc(Cl)c2)C(=O)C(C)O3)cc1. The third-order valence-corrected chi connectivity index (χ3v) is 5.68. The summed E-state index contributed by atoms with van der Waals surface area (Å²) in [5, 5.41) is 3.56. The maximum atomic E-state index is 12.9. The van der Waals surface area contributed by atoms with Crippen molar-refractivity contribution in [1.29, 1.82) is 0 Å². The lowest BCUT2D eigenvalue weighted by Crippen LogP contribution is -2.44. The molecule has 1 aliphatic rings. The van der Waals surface area contributed by atoms with E-state index in [0.29, 0.717) is 41.5 Å². The number of nitrogens with one attached hydrogen (secondary N) is 1. The van der Waals surface area contributed by atoms with Gasteiger partial charge in [0.1, 0.15) is 5.75 Å². The van der Waals surface area contributed by atoms with Gasteiger partial charge in [-0.15, -0.1) is 0 Å². The Hall–Kier alpha value is -3.31. The van der Waals surface area contributed by atoms with E-state index < -0.39 is 6.10 Å². The van der Waals surface area contributed by atoms with Gasteiger partial charge in [-0.2, -0.15) is 0 Å². The van der Waals surface area contributed by atoms with Crippen molar-refractivity contribution in [3.05, 3.63) is 88.4 Å². The molecule has 0 saturated heterocycles. The van der Waals surface area contributed by atoms with Gasteiger partial charge in [-0.05, 0) is 61.7 Å². The van der Waals surface area contributed by atoms with Crippen LogP contribution in [0.4, 0.5) is 11.4 Å². The van der Waals surface area contributed by atoms with E-state index in [1.807, 2.05) is 49.4 Å². The molecule has 1 N–H and O–H groups in total. The molecule has 1 atom stereocenters. The fourth-order valence-electron chi connectivity index (χ4n) is 3.70. The summed E-state index contributed by atoms with van der Waals surface area (Å²) >= 11 is 6.12. The molecule has 0 spiro atoms. The second-order valence-corrected chi connectivity index (χ2v) is 8.47. The number of amides is 2. The molecule has 1 aliphatic heterocycles. The van der Waals surface area contributed by atoms with E-state index in [0.717, 1.165) is 11.1 Å². The van der Waals surface area contributed by atoms with Gasteiger partial charge in [-0.25, -0.2) is 0 Å². The minimum absolute atomic E-state index is 0.0802. The maximum Gasteiger partial charge on any atom is 0.268 e. The van der Waals surface area contributed by atoms with Crippen molar-refractivity contribution in [3.63, 3.8) is 0 Å². The predicted molar refractivity (Wildman–Crippen MR) is 127 cm³/mol. The van der Waals surface area contributed by atoms with Crippen LogP contribution in [0.2, 0.25) is 5.02 Å². The number of halogens is 1. The Kier molecular flexibility index (Phi) is 6.47. The van der Waals surface area contributed by atoms with E-state index in [2.05, 4.69) is 5.32 Å². The number of carbonyl (C=O) groups is 2. The molecular formula is C26H25ClN2O3. The van der Waals surface area contributed by atoms with E-state index in [4.69, 9.17) is 16.3 Å². The number of aryl methyl sites for hydroxylation is 2. The van der Waals surface area contributed by atoms with Crippen LogP contribution in [-0.4, -0.2) is 17.9 Å². The largest absolute Gasteiger partial charge is 0.479 e. The molecule has 1 unspecified atom stereocenters. The number of benzene rings is 3. The van der Waals surface area contributed by atoms with Crippen molar-refractivity contribution < 1.29 is 14.3 Å². The van der Waals surface area contributed by atoms with Crippen LogP contribution in [0.25, 0.3) is 0 Å². The zero-order chi connectivity index (χ0) is 22.7. The Morgan fingerprint density at radius 1 is 1.06 bits per heavy atom. The van der Waals surface area contributed by atoms with E-state index in [1.165, 1.54) is 5.56 Å². The molecule has 0 bridgehead atoms. The summed E-state index contributed by atoms with van der Waals surface area (Å²) in [5.74, 6) is 0.389. The van der Waals surface area contributed by atoms with Crippen LogP contribution < -0.4 is 15.0 Å². The highest BCUT2D eigenvalue weighted by atomic mass is 35.5. The highest BCUT2D eigenvalue weighted by molar-refractivity contribution is 6.30. The highest BCUT2D eigenvalue weighted by Crippen LogP contribution is 2.37. The number of rotatable bonds is 6. The third kappa shape index (κ3) is 5.11. The van der Waals surface area contributed by atoms with Crippen LogP contribution in [0.3, 0.4) is 0 Å². The maximum absolute atomic E-state index is 12.9. The average Bonchev–Trinajstić information content (AvgIpc) is 2.77. The fourth-order valence-corrected chi connectivity index (χ4v) is 3.91. The molecule has 0 aliphatic carbocycles. The summed E-state index contributed by atoms with van der Waals surface area (Å²) < 4.78 is 5.78. The first-order chi connectivity index (χ1) is 15.4. The molecule has 1 heterocycles. The number of ether oxygens (including phenoxy) is 1. The molecule has 0 radical (unpaired) electrons. The number of nitrogens with zero attached hydrogens (tertiary/aromatic N) is 1. The first-order valence-corrected chi connectivity index (χ1v) is 11.0. The van der Waals surface area contributed by atoms with Gasteiger partial charge >= 0.3 is 0 Å². The number of fused-ring (bicyclic) bond motifs is 1. The Labute approximate surface area is 193 Å². The quantitative estimate of drug-likeness (QED) is 0.539. The van der Waals surface area contributed by atoms with Gasteiger partial charge in [0.05, 0.1) is 12.2 Å². The van der Waals surface area contributed by atoms with E-state index in [1.54, 1.807) is 36.1 Å². The normalized spacial score (nSPS) is 15.2. The van der Waals surface area contributed by atoms with Crippen molar-refractivity contribution in [2.75, 3.05) is 10.2 Å². The van der Waals surface area contributed by atoms with Crippen LogP contribution in [-0.2, 0) is 22.6 Å². The van der Waals surface area contributed by atoms with Crippen molar-refractivity contribution in [1.82, 2.24) is 0 Å². The van der Waals surface area contributed by atoms with Gasteiger partial charge in [-0.3, -0.25) is 9.59 Å². The average molecular weight is 449 g/mol. The molecule has 4 rings (SSSR count). The van der Waals surface area contributed by atoms with Gasteiger partial charge in [0.25, 0.3) is 5.91 Å². The molecule has 2 amide bonds. The summed E-state index contributed by atoms with van der Waals surface area (Å²) in [7, 11) is 0. The minimum atomic E-state index is -0.586. The Morgan fingerprint density at radius 2 is 1.84 bits per heavy atom. The summed E-state index contributed by atoms with van der Waals surface area (Å²) in [6.07, 6.45) is 0.451. The Balaban J connectivity index is 1.50. The lowest BCUT2D eigenvalue weighted by atomic mass is 10.1. The molecule has 5 nitrogen and oxygen atoms in total. The van der Waals surface area contributed by atoms with Crippen LogP contribution in [0, 0.1) is 6.92 Å². The third-order valence-electron chi connectivity index (χ3n) is 5.44. The molecule has 0 aromatic heterocycles. The van der Waals surface area contributed by atoms with Crippen LogP contribution in [0.5, 0.6) is 5.75 Å². The molecule has 6 heteroatoms. The van der Waals surface area contributed by atoms with E-state index in [9.17, 15) is 9.59 Å². The number of carbonyl (C=O) groups excluding carboxylic acids is 2. The fraction of sp³-hybridized carbons (Fsp3) is 0.231. The minimum Gasteiger partial charge on any atom is -0.479 e.